The Morgan fingerprint density at radius 3 is 2.36 bits per heavy atom. The van der Waals surface area contributed by atoms with Gasteiger partial charge in [-0.1, -0.05) is 92.1 Å². The Morgan fingerprint density at radius 2 is 1.64 bits per heavy atom. The minimum Gasteiger partial charge on any atom is -0.377 e. The van der Waals surface area contributed by atoms with Gasteiger partial charge in [-0.25, -0.2) is 0 Å². The average Bonchev–Trinajstić information content (AvgIpc) is 3.46. The summed E-state index contributed by atoms with van der Waals surface area (Å²) >= 11 is 0. The number of para-hydroxylation sites is 1. The SMILES string of the molecule is C=CC1=C(/C=C\C)C2Nc3ccc4c(c3C2C(/C=C\C)=C1C=C)c1ccccc1n4C1C=CC=CC1. The Balaban J connectivity index is 1.70. The standard InChI is InChI=1S/C34H32N2/c1-5-14-25-23(7-3)24(8-4)26(15-6-2)34-32(25)33-28(35-34)20-21-30-31(33)27-18-12-13-19-29(27)36(30)22-16-10-9-11-17-22/h5-16,18-22,32,34-35H,3-4,17H2,1-2H3/b14-5-,15-6-. The fourth-order valence-electron chi connectivity index (χ4n) is 6.54. The van der Waals surface area contributed by atoms with Crippen molar-refractivity contribution < 1.29 is 0 Å². The van der Waals surface area contributed by atoms with Crippen LogP contribution < -0.4 is 5.32 Å². The van der Waals surface area contributed by atoms with Gasteiger partial charge >= 0.3 is 0 Å². The summed E-state index contributed by atoms with van der Waals surface area (Å²) in [5.74, 6) is 0.184. The van der Waals surface area contributed by atoms with Crippen LogP contribution in [0.2, 0.25) is 0 Å². The van der Waals surface area contributed by atoms with Crippen LogP contribution in [0.25, 0.3) is 21.8 Å². The summed E-state index contributed by atoms with van der Waals surface area (Å²) in [6.07, 6.45) is 22.7. The van der Waals surface area contributed by atoms with Gasteiger partial charge in [-0.15, -0.1) is 0 Å². The van der Waals surface area contributed by atoms with Crippen molar-refractivity contribution >= 4 is 27.5 Å². The first kappa shape index (κ1) is 22.4. The smallest absolute Gasteiger partial charge is 0.0630 e. The van der Waals surface area contributed by atoms with Crippen LogP contribution in [0.1, 0.15) is 37.8 Å². The quantitative estimate of drug-likeness (QED) is 0.396. The molecule has 2 nitrogen and oxygen atoms in total. The van der Waals surface area contributed by atoms with Gasteiger partial charge in [0.25, 0.3) is 0 Å². The molecule has 36 heavy (non-hydrogen) atoms. The molecule has 2 aromatic carbocycles. The maximum absolute atomic E-state index is 4.22. The highest BCUT2D eigenvalue weighted by Gasteiger charge is 2.42. The van der Waals surface area contributed by atoms with E-state index >= 15 is 0 Å². The Hall–Kier alpha value is -4.04. The Morgan fingerprint density at radius 1 is 0.889 bits per heavy atom. The summed E-state index contributed by atoms with van der Waals surface area (Å²) in [5.41, 5.74) is 10.1. The highest BCUT2D eigenvalue weighted by atomic mass is 15.0. The summed E-state index contributed by atoms with van der Waals surface area (Å²) in [4.78, 5) is 0. The summed E-state index contributed by atoms with van der Waals surface area (Å²) < 4.78 is 2.53. The van der Waals surface area contributed by atoms with Crippen LogP contribution >= 0.6 is 0 Å². The molecule has 3 aliphatic rings. The van der Waals surface area contributed by atoms with Gasteiger partial charge in [-0.05, 0) is 66.3 Å². The third kappa shape index (κ3) is 3.10. The Labute approximate surface area is 213 Å². The number of hydrogen-bond acceptors (Lipinski definition) is 1. The van der Waals surface area contributed by atoms with Crippen LogP contribution in [0.5, 0.6) is 0 Å². The van der Waals surface area contributed by atoms with Crippen LogP contribution in [0.4, 0.5) is 5.69 Å². The van der Waals surface area contributed by atoms with E-state index in [-0.39, 0.29) is 12.0 Å². The number of hydrogen-bond donors (Lipinski definition) is 1. The molecule has 1 N–H and O–H groups in total. The molecule has 1 aromatic heterocycles. The van der Waals surface area contributed by atoms with E-state index in [1.165, 1.54) is 49.8 Å². The minimum atomic E-state index is 0.143. The van der Waals surface area contributed by atoms with Crippen molar-refractivity contribution in [3.05, 3.63) is 138 Å². The number of fused-ring (bicyclic) bond motifs is 7. The van der Waals surface area contributed by atoms with Gasteiger partial charge in [0.1, 0.15) is 0 Å². The zero-order valence-electron chi connectivity index (χ0n) is 21.0. The molecule has 0 bridgehead atoms. The number of allylic oxidation sites excluding steroid dienone is 11. The molecule has 3 aromatic rings. The zero-order valence-corrected chi connectivity index (χ0v) is 21.0. The first-order chi connectivity index (χ1) is 17.7. The molecule has 2 heterocycles. The number of aromatic nitrogens is 1. The highest BCUT2D eigenvalue weighted by molar-refractivity contribution is 6.12. The van der Waals surface area contributed by atoms with E-state index in [1.54, 1.807) is 0 Å². The maximum atomic E-state index is 4.22. The molecule has 178 valence electrons. The molecular formula is C34H32N2. The normalized spacial score (nSPS) is 23.2. The lowest BCUT2D eigenvalue weighted by molar-refractivity contribution is 0.648. The van der Waals surface area contributed by atoms with Gasteiger partial charge in [0.05, 0.1) is 17.6 Å². The number of rotatable bonds is 5. The minimum absolute atomic E-state index is 0.143. The summed E-state index contributed by atoms with van der Waals surface area (Å²) in [5, 5.41) is 6.60. The third-order valence-corrected chi connectivity index (χ3v) is 7.84. The Kier molecular flexibility index (Phi) is 5.53. The molecule has 1 aliphatic heterocycles. The number of nitrogens with one attached hydrogen (secondary N) is 1. The van der Waals surface area contributed by atoms with Gasteiger partial charge < -0.3 is 9.88 Å². The summed E-state index contributed by atoms with van der Waals surface area (Å²) in [6.45, 7) is 12.6. The van der Waals surface area contributed by atoms with Crippen molar-refractivity contribution in [1.29, 1.82) is 0 Å². The number of anilines is 1. The van der Waals surface area contributed by atoms with Gasteiger partial charge in [-0.3, -0.25) is 0 Å². The van der Waals surface area contributed by atoms with E-state index in [0.29, 0.717) is 6.04 Å². The van der Waals surface area contributed by atoms with Crippen molar-refractivity contribution in [3.63, 3.8) is 0 Å². The largest absolute Gasteiger partial charge is 0.377 e. The number of nitrogens with zero attached hydrogens (tertiary/aromatic N) is 1. The van der Waals surface area contributed by atoms with Crippen molar-refractivity contribution in [1.82, 2.24) is 4.57 Å². The molecule has 3 atom stereocenters. The van der Waals surface area contributed by atoms with Crippen molar-refractivity contribution in [3.8, 4) is 0 Å². The van der Waals surface area contributed by atoms with Gasteiger partial charge in [0, 0.05) is 27.9 Å². The monoisotopic (exact) mass is 468 g/mol. The highest BCUT2D eigenvalue weighted by Crippen LogP contribution is 2.53. The molecule has 0 spiro atoms. The van der Waals surface area contributed by atoms with Crippen molar-refractivity contribution in [2.75, 3.05) is 5.32 Å². The number of benzene rings is 2. The fourth-order valence-corrected chi connectivity index (χ4v) is 6.54. The van der Waals surface area contributed by atoms with Crippen LogP contribution in [-0.4, -0.2) is 10.6 Å². The molecule has 0 saturated carbocycles. The molecule has 2 aliphatic carbocycles. The van der Waals surface area contributed by atoms with E-state index < -0.39 is 0 Å². The molecule has 0 amide bonds. The molecule has 3 unspecified atom stereocenters. The average molecular weight is 469 g/mol. The van der Waals surface area contributed by atoms with E-state index in [0.717, 1.165) is 12.0 Å². The maximum Gasteiger partial charge on any atom is 0.0630 e. The molecule has 0 radical (unpaired) electrons. The van der Waals surface area contributed by atoms with Crippen LogP contribution in [0.3, 0.4) is 0 Å². The van der Waals surface area contributed by atoms with Gasteiger partial charge in [0.2, 0.25) is 0 Å². The first-order valence-corrected chi connectivity index (χ1v) is 12.9. The molecule has 0 saturated heterocycles. The molecule has 0 fully saturated rings. The lowest BCUT2D eigenvalue weighted by Gasteiger charge is -2.32. The van der Waals surface area contributed by atoms with Crippen molar-refractivity contribution in [2.24, 2.45) is 0 Å². The third-order valence-electron chi connectivity index (χ3n) is 7.84. The van der Waals surface area contributed by atoms with Gasteiger partial charge in [-0.2, -0.15) is 0 Å². The molecule has 6 rings (SSSR count). The predicted molar refractivity (Wildman–Crippen MR) is 156 cm³/mol. The molecule has 2 heteroatoms. The van der Waals surface area contributed by atoms with Crippen LogP contribution in [0.15, 0.2) is 133 Å². The lowest BCUT2D eigenvalue weighted by atomic mass is 9.73. The topological polar surface area (TPSA) is 17.0 Å². The lowest BCUT2D eigenvalue weighted by Crippen LogP contribution is -2.28. The van der Waals surface area contributed by atoms with Crippen LogP contribution in [0, 0.1) is 0 Å². The second-order valence-corrected chi connectivity index (χ2v) is 9.67. The first-order valence-electron chi connectivity index (χ1n) is 12.9. The second-order valence-electron chi connectivity index (χ2n) is 9.67. The fraction of sp³-hybridized carbons (Fsp3) is 0.176. The van der Waals surface area contributed by atoms with Crippen molar-refractivity contribution in [2.45, 2.75) is 38.3 Å². The summed E-state index contributed by atoms with van der Waals surface area (Å²) in [6, 6.07) is 13.9. The predicted octanol–water partition coefficient (Wildman–Crippen LogP) is 8.86. The van der Waals surface area contributed by atoms with E-state index in [2.05, 4.69) is 122 Å². The molecular weight excluding hydrogens is 436 g/mol. The van der Waals surface area contributed by atoms with E-state index in [9.17, 15) is 0 Å². The van der Waals surface area contributed by atoms with Gasteiger partial charge in [0.15, 0.2) is 0 Å². The van der Waals surface area contributed by atoms with Crippen LogP contribution in [-0.2, 0) is 0 Å². The summed E-state index contributed by atoms with van der Waals surface area (Å²) in [7, 11) is 0. The Bertz CT molecular complexity index is 1590. The zero-order chi connectivity index (χ0) is 24.8. The van der Waals surface area contributed by atoms with E-state index in [1.807, 2.05) is 12.2 Å². The van der Waals surface area contributed by atoms with E-state index in [4.69, 9.17) is 0 Å². The second kappa shape index (κ2) is 8.87.